The maximum Gasteiger partial charge on any atom is 0.305 e. The molecule has 6 nitrogen and oxygen atoms in total. The lowest BCUT2D eigenvalue weighted by molar-refractivity contribution is -0.149. The molecule has 0 aromatic carbocycles. The van der Waals surface area contributed by atoms with Crippen LogP contribution in [0.1, 0.15) is 74.1 Å². The number of carbonyl (C=O) groups is 1. The lowest BCUT2D eigenvalue weighted by Gasteiger charge is -2.35. The number of methoxy groups -OCH3 is 1. The van der Waals surface area contributed by atoms with E-state index in [2.05, 4.69) is 52.8 Å². The standard InChI is InChI=1S/C25H44O6/c1-16(15-25(6,7)31-20(5)24(29-8)19(4)26)10-9-11-17(2)23-18(3)12-13-21(30-23)14-22(27)28/h9-11,16,18-21,23-24,26H,12-15H2,1-8H3,(H,27,28)/b10-9+,17-11+/t16-,18+,19-,20-,21-,23-,24+/m1/s1. The van der Waals surface area contributed by atoms with E-state index in [1.807, 2.05) is 6.92 Å². The van der Waals surface area contributed by atoms with Gasteiger partial charge in [0.15, 0.2) is 0 Å². The Bertz CT molecular complexity index is 609. The van der Waals surface area contributed by atoms with Gasteiger partial charge in [-0.25, -0.2) is 0 Å². The summed E-state index contributed by atoms with van der Waals surface area (Å²) in [5.41, 5.74) is 0.758. The highest BCUT2D eigenvalue weighted by atomic mass is 16.6. The van der Waals surface area contributed by atoms with Crippen LogP contribution in [-0.2, 0) is 19.0 Å². The summed E-state index contributed by atoms with van der Waals surface area (Å²) >= 11 is 0. The number of hydrogen-bond acceptors (Lipinski definition) is 5. The Morgan fingerprint density at radius 3 is 2.45 bits per heavy atom. The van der Waals surface area contributed by atoms with Gasteiger partial charge in [0, 0.05) is 7.11 Å². The number of aliphatic hydroxyl groups is 1. The zero-order valence-corrected chi connectivity index (χ0v) is 20.6. The Hall–Kier alpha value is -1.21. The number of carboxylic acids is 1. The monoisotopic (exact) mass is 440 g/mol. The minimum Gasteiger partial charge on any atom is -0.481 e. The van der Waals surface area contributed by atoms with Crippen LogP contribution in [0.2, 0.25) is 0 Å². The number of hydrogen-bond donors (Lipinski definition) is 2. The number of aliphatic carboxylic acids is 1. The van der Waals surface area contributed by atoms with Crippen molar-refractivity contribution in [2.45, 2.75) is 110 Å². The van der Waals surface area contributed by atoms with Gasteiger partial charge in [-0.1, -0.05) is 32.1 Å². The summed E-state index contributed by atoms with van der Waals surface area (Å²) in [4.78, 5) is 11.0. The third-order valence-corrected chi connectivity index (χ3v) is 5.98. The fourth-order valence-electron chi connectivity index (χ4n) is 4.65. The van der Waals surface area contributed by atoms with Crippen LogP contribution in [0, 0.1) is 11.8 Å². The molecule has 1 aliphatic rings. The summed E-state index contributed by atoms with van der Waals surface area (Å²) in [6, 6.07) is 0. The van der Waals surface area contributed by atoms with Gasteiger partial charge >= 0.3 is 5.97 Å². The summed E-state index contributed by atoms with van der Waals surface area (Å²) in [5.74, 6) is -0.134. The molecule has 1 saturated heterocycles. The highest BCUT2D eigenvalue weighted by Crippen LogP contribution is 2.31. The molecule has 1 aliphatic heterocycles. The molecule has 31 heavy (non-hydrogen) atoms. The fraction of sp³-hybridized carbons (Fsp3) is 0.800. The van der Waals surface area contributed by atoms with E-state index in [4.69, 9.17) is 19.3 Å². The molecule has 7 atom stereocenters. The molecule has 0 spiro atoms. The smallest absolute Gasteiger partial charge is 0.305 e. The molecule has 1 fully saturated rings. The van der Waals surface area contributed by atoms with Crippen LogP contribution in [0.25, 0.3) is 0 Å². The quantitative estimate of drug-likeness (QED) is 0.426. The number of ether oxygens (including phenoxy) is 3. The average molecular weight is 441 g/mol. The molecule has 0 saturated carbocycles. The second kappa shape index (κ2) is 12.7. The minimum absolute atomic E-state index is 0.0369. The van der Waals surface area contributed by atoms with E-state index in [-0.39, 0.29) is 36.4 Å². The van der Waals surface area contributed by atoms with Gasteiger partial charge in [0.1, 0.15) is 6.10 Å². The number of allylic oxidation sites excluding steroid dienone is 3. The van der Waals surface area contributed by atoms with Crippen LogP contribution in [0.5, 0.6) is 0 Å². The van der Waals surface area contributed by atoms with E-state index in [0.29, 0.717) is 11.8 Å². The molecule has 0 bridgehead atoms. The van der Waals surface area contributed by atoms with Crippen molar-refractivity contribution >= 4 is 5.97 Å². The van der Waals surface area contributed by atoms with Crippen molar-refractivity contribution in [3.05, 3.63) is 23.8 Å². The van der Waals surface area contributed by atoms with Crippen molar-refractivity contribution < 1.29 is 29.2 Å². The molecule has 0 aromatic heterocycles. The lowest BCUT2D eigenvalue weighted by atomic mass is 9.88. The molecule has 0 amide bonds. The van der Waals surface area contributed by atoms with Crippen molar-refractivity contribution in [2.24, 2.45) is 11.8 Å². The van der Waals surface area contributed by atoms with E-state index < -0.39 is 12.1 Å². The summed E-state index contributed by atoms with van der Waals surface area (Å²) in [7, 11) is 1.59. The first-order valence-corrected chi connectivity index (χ1v) is 11.5. The second-order valence-electron chi connectivity index (χ2n) is 9.83. The maximum absolute atomic E-state index is 11.0. The molecule has 0 unspecified atom stereocenters. The number of aliphatic hydroxyl groups excluding tert-OH is 1. The van der Waals surface area contributed by atoms with Crippen molar-refractivity contribution in [1.82, 2.24) is 0 Å². The largest absolute Gasteiger partial charge is 0.481 e. The molecule has 1 heterocycles. The van der Waals surface area contributed by atoms with Crippen LogP contribution in [0.15, 0.2) is 23.8 Å². The maximum atomic E-state index is 11.0. The van der Waals surface area contributed by atoms with Gasteiger partial charge in [-0.3, -0.25) is 4.79 Å². The summed E-state index contributed by atoms with van der Waals surface area (Å²) in [5, 5.41) is 18.9. The third kappa shape index (κ3) is 9.85. The summed E-state index contributed by atoms with van der Waals surface area (Å²) in [6.07, 6.45) is 7.54. The van der Waals surface area contributed by atoms with Crippen LogP contribution >= 0.6 is 0 Å². The summed E-state index contributed by atoms with van der Waals surface area (Å²) in [6.45, 7) is 14.1. The van der Waals surface area contributed by atoms with Gasteiger partial charge in [-0.05, 0) is 71.3 Å². The van der Waals surface area contributed by atoms with Gasteiger partial charge in [0.2, 0.25) is 0 Å². The first kappa shape index (κ1) is 27.8. The highest BCUT2D eigenvalue weighted by Gasteiger charge is 2.31. The summed E-state index contributed by atoms with van der Waals surface area (Å²) < 4.78 is 17.6. The molecule has 6 heteroatoms. The van der Waals surface area contributed by atoms with Crippen molar-refractivity contribution in [3.63, 3.8) is 0 Å². The van der Waals surface area contributed by atoms with E-state index in [1.54, 1.807) is 14.0 Å². The van der Waals surface area contributed by atoms with Gasteiger partial charge in [0.05, 0.1) is 36.4 Å². The lowest BCUT2D eigenvalue weighted by Crippen LogP contribution is -2.42. The molecule has 0 aromatic rings. The van der Waals surface area contributed by atoms with Crippen molar-refractivity contribution in [1.29, 1.82) is 0 Å². The molecule has 0 aliphatic carbocycles. The zero-order chi connectivity index (χ0) is 23.8. The van der Waals surface area contributed by atoms with E-state index in [1.165, 1.54) is 0 Å². The Morgan fingerprint density at radius 2 is 1.90 bits per heavy atom. The van der Waals surface area contributed by atoms with Gasteiger partial charge < -0.3 is 24.4 Å². The molecule has 0 radical (unpaired) electrons. The molecule has 1 rings (SSSR count). The van der Waals surface area contributed by atoms with Crippen LogP contribution < -0.4 is 0 Å². The first-order chi connectivity index (χ1) is 14.4. The SMILES string of the molecule is CO[C@@H]([C@@H](C)O)[C@@H](C)OC(C)(C)C[C@H](C)/C=C/C=C(\C)[C@H]1O[C@@H](CC(=O)O)CC[C@@H]1C. The van der Waals surface area contributed by atoms with Gasteiger partial charge in [-0.15, -0.1) is 0 Å². The first-order valence-electron chi connectivity index (χ1n) is 11.5. The average Bonchev–Trinajstić information content (AvgIpc) is 2.61. The van der Waals surface area contributed by atoms with E-state index in [9.17, 15) is 9.90 Å². The van der Waals surface area contributed by atoms with Crippen LogP contribution in [0.4, 0.5) is 0 Å². The van der Waals surface area contributed by atoms with Crippen molar-refractivity contribution in [2.75, 3.05) is 7.11 Å². The van der Waals surface area contributed by atoms with Gasteiger partial charge in [0.25, 0.3) is 0 Å². The topological polar surface area (TPSA) is 85.2 Å². The van der Waals surface area contributed by atoms with E-state index >= 15 is 0 Å². The van der Waals surface area contributed by atoms with Crippen LogP contribution in [-0.4, -0.2) is 59.4 Å². The number of carboxylic acid groups (broad SMARTS) is 1. The van der Waals surface area contributed by atoms with Crippen molar-refractivity contribution in [3.8, 4) is 0 Å². The minimum atomic E-state index is -0.807. The highest BCUT2D eigenvalue weighted by molar-refractivity contribution is 5.67. The molecular formula is C25H44O6. The Balaban J connectivity index is 2.65. The van der Waals surface area contributed by atoms with Crippen LogP contribution in [0.3, 0.4) is 0 Å². The Labute approximate surface area is 188 Å². The Kier molecular flexibility index (Phi) is 11.4. The Morgan fingerprint density at radius 1 is 1.26 bits per heavy atom. The fourth-order valence-corrected chi connectivity index (χ4v) is 4.65. The second-order valence-corrected chi connectivity index (χ2v) is 9.83. The normalized spacial score (nSPS) is 27.1. The predicted octanol–water partition coefficient (Wildman–Crippen LogP) is 4.75. The molecular weight excluding hydrogens is 396 g/mol. The zero-order valence-electron chi connectivity index (χ0n) is 20.6. The molecule has 2 N–H and O–H groups in total. The third-order valence-electron chi connectivity index (χ3n) is 5.98. The molecule has 180 valence electrons. The number of rotatable bonds is 12. The van der Waals surface area contributed by atoms with Gasteiger partial charge in [-0.2, -0.15) is 0 Å². The predicted molar refractivity (Wildman–Crippen MR) is 123 cm³/mol. The van der Waals surface area contributed by atoms with E-state index in [0.717, 1.165) is 24.8 Å².